The number of rotatable bonds is 7. The van der Waals surface area contributed by atoms with Gasteiger partial charge in [-0.3, -0.25) is 19.7 Å². The van der Waals surface area contributed by atoms with Crippen LogP contribution in [0.4, 0.5) is 9.52 Å². The number of aromatic nitrogens is 2. The molecule has 45 heavy (non-hydrogen) atoms. The third-order valence-corrected chi connectivity index (χ3v) is 8.36. The van der Waals surface area contributed by atoms with Crippen LogP contribution in [0.2, 0.25) is 0 Å². The zero-order valence-corrected chi connectivity index (χ0v) is 25.1. The smallest absolute Gasteiger partial charge is 0.270 e. The normalized spacial score (nSPS) is 15.1. The Hall–Kier alpha value is -5.12. The Morgan fingerprint density at radius 1 is 1.09 bits per heavy atom. The van der Waals surface area contributed by atoms with Crippen LogP contribution in [0.25, 0.3) is 0 Å². The van der Waals surface area contributed by atoms with E-state index in [1.165, 1.54) is 41.5 Å². The lowest BCUT2D eigenvalue weighted by molar-refractivity contribution is -0.120. The summed E-state index contributed by atoms with van der Waals surface area (Å²) in [5.74, 6) is 4.64. The van der Waals surface area contributed by atoms with Crippen molar-refractivity contribution < 1.29 is 23.5 Å². The molecule has 0 aliphatic carbocycles. The maximum Gasteiger partial charge on any atom is 0.270 e. The predicted molar refractivity (Wildman–Crippen MR) is 166 cm³/mol. The molecule has 1 atom stereocenters. The molecular formula is C33H29FN6O4S. The van der Waals surface area contributed by atoms with Gasteiger partial charge in [-0.2, -0.15) is 0 Å². The van der Waals surface area contributed by atoms with Gasteiger partial charge >= 0.3 is 0 Å². The number of fused-ring (bicyclic) bond motifs is 1. The van der Waals surface area contributed by atoms with E-state index in [1.807, 2.05) is 0 Å². The largest absolute Gasteiger partial charge is 0.496 e. The van der Waals surface area contributed by atoms with E-state index in [4.69, 9.17) is 4.74 Å². The minimum absolute atomic E-state index is 0.127. The van der Waals surface area contributed by atoms with E-state index in [2.05, 4.69) is 37.8 Å². The third-order valence-electron chi connectivity index (χ3n) is 7.67. The van der Waals surface area contributed by atoms with Crippen LogP contribution in [-0.4, -0.2) is 58.8 Å². The number of carbonyl (C=O) groups is 3. The molecule has 2 aliphatic heterocycles. The molecule has 6 rings (SSSR count). The summed E-state index contributed by atoms with van der Waals surface area (Å²) >= 11 is 1.23. The number of hydrogen-bond donors (Lipinski definition) is 3. The van der Waals surface area contributed by atoms with E-state index in [-0.39, 0.29) is 29.8 Å². The molecular weight excluding hydrogens is 595 g/mol. The first kappa shape index (κ1) is 29.9. The highest BCUT2D eigenvalue weighted by Crippen LogP contribution is 2.37. The number of ether oxygens (including phenoxy) is 1. The van der Waals surface area contributed by atoms with Crippen LogP contribution >= 0.6 is 11.3 Å². The summed E-state index contributed by atoms with van der Waals surface area (Å²) in [4.78, 5) is 49.7. The van der Waals surface area contributed by atoms with Crippen LogP contribution in [0, 0.1) is 17.7 Å². The molecule has 0 saturated carbocycles. The molecule has 10 nitrogen and oxygen atoms in total. The van der Waals surface area contributed by atoms with Crippen molar-refractivity contribution in [3.05, 3.63) is 106 Å². The zero-order chi connectivity index (χ0) is 31.3. The molecule has 228 valence electrons. The Morgan fingerprint density at radius 3 is 2.62 bits per heavy atom. The van der Waals surface area contributed by atoms with Crippen molar-refractivity contribution in [3.8, 4) is 17.6 Å². The maximum atomic E-state index is 14.4. The van der Waals surface area contributed by atoms with E-state index in [0.29, 0.717) is 33.1 Å². The van der Waals surface area contributed by atoms with Crippen LogP contribution in [0.15, 0.2) is 66.3 Å². The number of carbonyl (C=O) groups excluding carboxylic acids is 3. The fourth-order valence-corrected chi connectivity index (χ4v) is 5.94. The van der Waals surface area contributed by atoms with Gasteiger partial charge < -0.3 is 20.3 Å². The van der Waals surface area contributed by atoms with E-state index in [0.717, 1.165) is 25.9 Å². The molecule has 12 heteroatoms. The van der Waals surface area contributed by atoms with Crippen LogP contribution in [0.1, 0.15) is 62.0 Å². The molecule has 4 aromatic rings. The van der Waals surface area contributed by atoms with Gasteiger partial charge in [0.25, 0.3) is 17.7 Å². The van der Waals surface area contributed by atoms with Crippen molar-refractivity contribution in [1.82, 2.24) is 25.5 Å². The SMILES string of the molecule is COc1ccc(F)cc1C(C(=O)Nc1nccs1)N1Cc2ccc(C#Cc3ccc(C(=O)NC4CCNCC4)nc3)cc2C1=O. The Labute approximate surface area is 263 Å². The monoisotopic (exact) mass is 624 g/mol. The quantitative estimate of drug-likeness (QED) is 0.267. The summed E-state index contributed by atoms with van der Waals surface area (Å²) in [6, 6.07) is 11.5. The number of amides is 3. The molecule has 0 radical (unpaired) electrons. The van der Waals surface area contributed by atoms with Gasteiger partial charge in [0.05, 0.1) is 7.11 Å². The Kier molecular flexibility index (Phi) is 8.81. The summed E-state index contributed by atoms with van der Waals surface area (Å²) < 4.78 is 19.9. The molecule has 3 N–H and O–H groups in total. The topological polar surface area (TPSA) is 126 Å². The number of pyridine rings is 1. The van der Waals surface area contributed by atoms with Gasteiger partial charge in [0, 0.05) is 52.6 Å². The molecule has 4 heterocycles. The van der Waals surface area contributed by atoms with Crippen LogP contribution in [-0.2, 0) is 11.3 Å². The van der Waals surface area contributed by atoms with Crippen LogP contribution in [0.5, 0.6) is 5.75 Å². The van der Waals surface area contributed by atoms with Gasteiger partial charge in [-0.25, -0.2) is 14.4 Å². The Balaban J connectivity index is 1.21. The third kappa shape index (κ3) is 6.69. The molecule has 1 unspecified atom stereocenters. The fourth-order valence-electron chi connectivity index (χ4n) is 5.41. The van der Waals surface area contributed by atoms with E-state index < -0.39 is 23.7 Å². The first-order valence-electron chi connectivity index (χ1n) is 14.4. The molecule has 0 bridgehead atoms. The number of piperidine rings is 1. The van der Waals surface area contributed by atoms with Crippen molar-refractivity contribution in [2.45, 2.75) is 31.5 Å². The fraction of sp³-hybridized carbons (Fsp3) is 0.242. The van der Waals surface area contributed by atoms with Gasteiger partial charge in [-0.15, -0.1) is 11.3 Å². The van der Waals surface area contributed by atoms with Gasteiger partial charge in [-0.05, 0) is 74.0 Å². The molecule has 3 amide bonds. The highest BCUT2D eigenvalue weighted by Gasteiger charge is 2.39. The number of benzene rings is 2. The second-order valence-corrected chi connectivity index (χ2v) is 11.5. The second-order valence-electron chi connectivity index (χ2n) is 10.6. The van der Waals surface area contributed by atoms with Gasteiger partial charge in [0.2, 0.25) is 0 Å². The first-order chi connectivity index (χ1) is 21.9. The standard InChI is InChI=1S/C33H29FN6O4S/c1-44-28-9-7-23(34)17-26(28)29(31(42)39-33-36-14-15-45-33)40-19-22-6-4-20(16-25(22)32(40)43)2-3-21-5-8-27(37-18-21)30(41)38-24-10-12-35-13-11-24/h4-9,14-18,24,29,35H,10-13,19H2,1H3,(H,38,41)(H,36,39,42). The summed E-state index contributed by atoms with van der Waals surface area (Å²) in [5.41, 5.74) is 2.84. The van der Waals surface area contributed by atoms with Gasteiger partial charge in [0.1, 0.15) is 23.3 Å². The number of thiazole rings is 1. The van der Waals surface area contributed by atoms with Gasteiger partial charge in [-0.1, -0.05) is 17.9 Å². The first-order valence-corrected chi connectivity index (χ1v) is 15.2. The maximum absolute atomic E-state index is 14.4. The van der Waals surface area contributed by atoms with Crippen molar-refractivity contribution in [2.24, 2.45) is 0 Å². The lowest BCUT2D eigenvalue weighted by Crippen LogP contribution is -2.42. The van der Waals surface area contributed by atoms with E-state index in [9.17, 15) is 18.8 Å². The van der Waals surface area contributed by atoms with Crippen molar-refractivity contribution in [2.75, 3.05) is 25.5 Å². The summed E-state index contributed by atoms with van der Waals surface area (Å²) in [7, 11) is 1.42. The minimum Gasteiger partial charge on any atom is -0.496 e. The van der Waals surface area contributed by atoms with Gasteiger partial charge in [0.15, 0.2) is 5.13 Å². The van der Waals surface area contributed by atoms with Crippen molar-refractivity contribution >= 4 is 34.2 Å². The zero-order valence-electron chi connectivity index (χ0n) is 24.3. The lowest BCUT2D eigenvalue weighted by atomic mass is 10.0. The average Bonchev–Trinajstić information content (AvgIpc) is 3.68. The number of nitrogens with zero attached hydrogens (tertiary/aromatic N) is 3. The Bertz CT molecular complexity index is 1800. The highest BCUT2D eigenvalue weighted by molar-refractivity contribution is 7.13. The molecule has 2 aliphatic rings. The minimum atomic E-state index is -1.19. The predicted octanol–water partition coefficient (Wildman–Crippen LogP) is 3.90. The number of hydrogen-bond acceptors (Lipinski definition) is 8. The van der Waals surface area contributed by atoms with Crippen LogP contribution < -0.4 is 20.7 Å². The van der Waals surface area contributed by atoms with E-state index in [1.54, 1.807) is 48.1 Å². The average molecular weight is 625 g/mol. The number of halogens is 1. The summed E-state index contributed by atoms with van der Waals surface area (Å²) in [6.45, 7) is 1.89. The van der Waals surface area contributed by atoms with Crippen molar-refractivity contribution in [3.63, 3.8) is 0 Å². The Morgan fingerprint density at radius 2 is 1.89 bits per heavy atom. The molecule has 2 aromatic carbocycles. The lowest BCUT2D eigenvalue weighted by Gasteiger charge is -2.28. The summed E-state index contributed by atoms with van der Waals surface area (Å²) in [5, 5.41) is 11.1. The number of methoxy groups -OCH3 is 1. The number of nitrogens with one attached hydrogen (secondary N) is 3. The highest BCUT2D eigenvalue weighted by atomic mass is 32.1. The van der Waals surface area contributed by atoms with Crippen LogP contribution in [0.3, 0.4) is 0 Å². The molecule has 1 fully saturated rings. The molecule has 2 aromatic heterocycles. The molecule has 1 saturated heterocycles. The molecule has 0 spiro atoms. The number of anilines is 1. The summed E-state index contributed by atoms with van der Waals surface area (Å²) in [6.07, 6.45) is 4.86. The van der Waals surface area contributed by atoms with E-state index >= 15 is 0 Å². The second kappa shape index (κ2) is 13.3. The van der Waals surface area contributed by atoms with Crippen molar-refractivity contribution in [1.29, 1.82) is 0 Å².